The summed E-state index contributed by atoms with van der Waals surface area (Å²) >= 11 is 3.26. The number of aromatic nitrogens is 4. The molecule has 4 heterocycles. The predicted octanol–water partition coefficient (Wildman–Crippen LogP) is 3.23. The van der Waals surface area contributed by atoms with E-state index < -0.39 is 0 Å². The van der Waals surface area contributed by atoms with E-state index in [4.69, 9.17) is 0 Å². The molecular weight excluding hydrogens is 352 g/mol. The van der Waals surface area contributed by atoms with Crippen LogP contribution in [0.4, 0.5) is 5.82 Å². The highest BCUT2D eigenvalue weighted by molar-refractivity contribution is 7.18. The Morgan fingerprint density at radius 2 is 2.00 bits per heavy atom. The van der Waals surface area contributed by atoms with Crippen LogP contribution in [0.2, 0.25) is 0 Å². The van der Waals surface area contributed by atoms with Gasteiger partial charge in [-0.2, -0.15) is 0 Å². The fourth-order valence-electron chi connectivity index (χ4n) is 3.35. The van der Waals surface area contributed by atoms with Gasteiger partial charge in [0.1, 0.15) is 17.0 Å². The summed E-state index contributed by atoms with van der Waals surface area (Å²) in [6.45, 7) is 9.29. The molecule has 1 fully saturated rings. The van der Waals surface area contributed by atoms with Crippen LogP contribution in [0.15, 0.2) is 6.33 Å². The maximum atomic E-state index is 4.61. The lowest BCUT2D eigenvalue weighted by atomic mass is 10.0. The van der Waals surface area contributed by atoms with E-state index in [1.807, 2.05) is 6.92 Å². The highest BCUT2D eigenvalue weighted by atomic mass is 32.1. The van der Waals surface area contributed by atoms with Gasteiger partial charge in [0.15, 0.2) is 0 Å². The zero-order valence-corrected chi connectivity index (χ0v) is 16.4. The molecule has 1 saturated heterocycles. The van der Waals surface area contributed by atoms with Gasteiger partial charge in [-0.3, -0.25) is 0 Å². The Bertz CT molecular complexity index is 879. The monoisotopic (exact) mass is 374 g/mol. The maximum absolute atomic E-state index is 4.61. The molecule has 0 aliphatic carbocycles. The van der Waals surface area contributed by atoms with Crippen LogP contribution in [0.1, 0.15) is 33.9 Å². The van der Waals surface area contributed by atoms with E-state index in [0.29, 0.717) is 6.04 Å². The van der Waals surface area contributed by atoms with Crippen molar-refractivity contribution in [2.75, 3.05) is 18.0 Å². The summed E-state index contributed by atoms with van der Waals surface area (Å²) in [6.07, 6.45) is 3.95. The Labute approximate surface area is 155 Å². The number of nitrogens with one attached hydrogen (secondary N) is 1. The number of hydrogen-bond acceptors (Lipinski definition) is 8. The highest BCUT2D eigenvalue weighted by Gasteiger charge is 2.23. The third kappa shape index (κ3) is 3.26. The summed E-state index contributed by atoms with van der Waals surface area (Å²) in [5, 5.41) is 8.98. The Morgan fingerprint density at radius 3 is 2.72 bits per heavy atom. The van der Waals surface area contributed by atoms with Crippen molar-refractivity contribution in [3.63, 3.8) is 0 Å². The molecule has 6 nitrogen and oxygen atoms in total. The molecule has 0 aromatic carbocycles. The van der Waals surface area contributed by atoms with Crippen LogP contribution in [0.5, 0.6) is 0 Å². The van der Waals surface area contributed by atoms with Crippen molar-refractivity contribution in [3.05, 3.63) is 27.3 Å². The van der Waals surface area contributed by atoms with Gasteiger partial charge in [0.05, 0.1) is 16.0 Å². The first-order chi connectivity index (χ1) is 12.1. The molecule has 3 aromatic heterocycles. The highest BCUT2D eigenvalue weighted by Crippen LogP contribution is 2.35. The summed E-state index contributed by atoms with van der Waals surface area (Å²) in [5.41, 5.74) is 2.37. The van der Waals surface area contributed by atoms with Gasteiger partial charge in [0, 0.05) is 30.6 Å². The number of piperidine rings is 1. The lowest BCUT2D eigenvalue weighted by molar-refractivity contribution is 0.414. The molecule has 8 heteroatoms. The fraction of sp³-hybridized carbons (Fsp3) is 0.529. The first-order valence-corrected chi connectivity index (χ1v) is 10.2. The van der Waals surface area contributed by atoms with Crippen molar-refractivity contribution in [2.24, 2.45) is 0 Å². The summed E-state index contributed by atoms with van der Waals surface area (Å²) in [5.74, 6) is 1.10. The van der Waals surface area contributed by atoms with Crippen molar-refractivity contribution in [1.29, 1.82) is 0 Å². The summed E-state index contributed by atoms with van der Waals surface area (Å²) < 4.78 is 4.01. The SMILES string of the molecule is Cc1nnsc1CNC1CCN(c2ncnc3sc(C)c(C)c23)CC1. The van der Waals surface area contributed by atoms with E-state index in [-0.39, 0.29) is 0 Å². The zero-order chi connectivity index (χ0) is 17.4. The van der Waals surface area contributed by atoms with Gasteiger partial charge >= 0.3 is 0 Å². The third-order valence-corrected chi connectivity index (χ3v) is 6.98. The third-order valence-electron chi connectivity index (χ3n) is 5.04. The molecule has 132 valence electrons. The van der Waals surface area contributed by atoms with Gasteiger partial charge < -0.3 is 10.2 Å². The molecule has 1 aliphatic heterocycles. The molecule has 0 unspecified atom stereocenters. The van der Waals surface area contributed by atoms with E-state index >= 15 is 0 Å². The Kier molecular flexibility index (Phi) is 4.66. The van der Waals surface area contributed by atoms with E-state index in [1.54, 1.807) is 17.7 Å². The van der Waals surface area contributed by atoms with E-state index in [1.165, 1.54) is 32.2 Å². The standard InChI is InChI=1S/C17H22N6S2/c1-10-12(3)24-17-15(10)16(19-9-20-17)23-6-4-13(5-7-23)18-8-14-11(2)21-22-25-14/h9,13,18H,4-8H2,1-3H3. The molecule has 0 spiro atoms. The predicted molar refractivity (Wildman–Crippen MR) is 104 cm³/mol. The van der Waals surface area contributed by atoms with Gasteiger partial charge in [-0.15, -0.1) is 16.4 Å². The second kappa shape index (κ2) is 6.93. The largest absolute Gasteiger partial charge is 0.356 e. The van der Waals surface area contributed by atoms with E-state index in [0.717, 1.165) is 48.8 Å². The minimum absolute atomic E-state index is 0.542. The average Bonchev–Trinajstić information content (AvgIpc) is 3.17. The summed E-state index contributed by atoms with van der Waals surface area (Å²) in [6, 6.07) is 0.542. The normalized spacial score (nSPS) is 16.0. The van der Waals surface area contributed by atoms with Crippen LogP contribution in [0.25, 0.3) is 10.2 Å². The van der Waals surface area contributed by atoms with Crippen molar-refractivity contribution < 1.29 is 0 Å². The maximum Gasteiger partial charge on any atom is 0.141 e. The van der Waals surface area contributed by atoms with Crippen LogP contribution in [-0.2, 0) is 6.54 Å². The average molecular weight is 375 g/mol. The topological polar surface area (TPSA) is 66.8 Å². The van der Waals surface area contributed by atoms with Crippen LogP contribution in [0, 0.1) is 20.8 Å². The van der Waals surface area contributed by atoms with Crippen LogP contribution < -0.4 is 10.2 Å². The number of anilines is 1. The molecule has 0 saturated carbocycles. The first-order valence-electron chi connectivity index (χ1n) is 8.60. The van der Waals surface area contributed by atoms with Gasteiger partial charge in [-0.05, 0) is 50.7 Å². The molecule has 0 bridgehead atoms. The van der Waals surface area contributed by atoms with E-state index in [2.05, 4.69) is 43.6 Å². The van der Waals surface area contributed by atoms with Crippen LogP contribution >= 0.6 is 22.9 Å². The van der Waals surface area contributed by atoms with Crippen LogP contribution in [-0.4, -0.2) is 38.7 Å². The second-order valence-corrected chi connectivity index (χ2v) is 8.63. The van der Waals surface area contributed by atoms with Gasteiger partial charge in [-0.1, -0.05) is 4.49 Å². The summed E-state index contributed by atoms with van der Waals surface area (Å²) in [4.78, 5) is 15.2. The minimum atomic E-state index is 0.542. The van der Waals surface area contributed by atoms with E-state index in [9.17, 15) is 0 Å². The number of nitrogens with zero attached hydrogens (tertiary/aromatic N) is 5. The Hall–Kier alpha value is -1.64. The van der Waals surface area contributed by atoms with Gasteiger partial charge in [0.2, 0.25) is 0 Å². The number of rotatable bonds is 4. The molecule has 1 N–H and O–H groups in total. The number of aryl methyl sites for hydroxylation is 3. The molecule has 0 atom stereocenters. The number of fused-ring (bicyclic) bond motifs is 1. The molecule has 25 heavy (non-hydrogen) atoms. The molecule has 0 radical (unpaired) electrons. The van der Waals surface area contributed by atoms with Gasteiger partial charge in [0.25, 0.3) is 0 Å². The van der Waals surface area contributed by atoms with Crippen LogP contribution in [0.3, 0.4) is 0 Å². The lowest BCUT2D eigenvalue weighted by Gasteiger charge is -2.33. The first kappa shape index (κ1) is 16.8. The minimum Gasteiger partial charge on any atom is -0.356 e. The van der Waals surface area contributed by atoms with Crippen molar-refractivity contribution in [2.45, 2.75) is 46.2 Å². The Morgan fingerprint density at radius 1 is 1.20 bits per heavy atom. The molecule has 1 aliphatic rings. The lowest BCUT2D eigenvalue weighted by Crippen LogP contribution is -2.42. The molecule has 0 amide bonds. The van der Waals surface area contributed by atoms with Crippen molar-refractivity contribution in [1.82, 2.24) is 24.9 Å². The van der Waals surface area contributed by atoms with Gasteiger partial charge in [-0.25, -0.2) is 9.97 Å². The summed E-state index contributed by atoms with van der Waals surface area (Å²) in [7, 11) is 0. The smallest absolute Gasteiger partial charge is 0.141 e. The zero-order valence-electron chi connectivity index (χ0n) is 14.7. The fourth-order valence-corrected chi connectivity index (χ4v) is 4.92. The molecule has 3 aromatic rings. The second-order valence-electron chi connectivity index (χ2n) is 6.58. The number of hydrogen-bond donors (Lipinski definition) is 1. The molecular formula is C17H22N6S2. The van der Waals surface area contributed by atoms with Crippen molar-refractivity contribution >= 4 is 38.9 Å². The quantitative estimate of drug-likeness (QED) is 0.756. The van der Waals surface area contributed by atoms with Crippen molar-refractivity contribution in [3.8, 4) is 0 Å². The molecule has 4 rings (SSSR count). The number of thiophene rings is 1. The Balaban J connectivity index is 1.43.